The van der Waals surface area contributed by atoms with Gasteiger partial charge in [-0.05, 0) is 6.07 Å². The van der Waals surface area contributed by atoms with Crippen LogP contribution in [-0.4, -0.2) is 26.3 Å². The fourth-order valence-electron chi connectivity index (χ4n) is 1.78. The van der Waals surface area contributed by atoms with Crippen LogP contribution in [0.15, 0.2) is 18.2 Å². The number of fused-ring (bicyclic) bond motifs is 1. The molecule has 1 aromatic carbocycles. The maximum Gasteiger partial charge on any atom is 0.144 e. The molecular formula is C13H13N3O2. The minimum Gasteiger partial charge on any atom is -0.497 e. The minimum atomic E-state index is 0.480. The Kier molecular flexibility index (Phi) is 3.20. The van der Waals surface area contributed by atoms with Gasteiger partial charge in [-0.15, -0.1) is 0 Å². The Morgan fingerprint density at radius 1 is 1.22 bits per heavy atom. The van der Waals surface area contributed by atoms with Gasteiger partial charge in [-0.25, -0.2) is 4.98 Å². The summed E-state index contributed by atoms with van der Waals surface area (Å²) in [7, 11) is 4.89. The van der Waals surface area contributed by atoms with Crippen molar-refractivity contribution < 1.29 is 9.47 Å². The summed E-state index contributed by atoms with van der Waals surface area (Å²) < 4.78 is 10.5. The van der Waals surface area contributed by atoms with Crippen molar-refractivity contribution in [3.63, 3.8) is 0 Å². The van der Waals surface area contributed by atoms with Gasteiger partial charge in [-0.3, -0.25) is 0 Å². The molecule has 0 aliphatic rings. The van der Waals surface area contributed by atoms with E-state index in [4.69, 9.17) is 14.7 Å². The van der Waals surface area contributed by atoms with E-state index in [1.807, 2.05) is 0 Å². The van der Waals surface area contributed by atoms with E-state index in [1.54, 1.807) is 39.5 Å². The number of aromatic nitrogens is 1. The third kappa shape index (κ3) is 1.89. The second kappa shape index (κ2) is 4.80. The van der Waals surface area contributed by atoms with Crippen molar-refractivity contribution >= 4 is 16.7 Å². The van der Waals surface area contributed by atoms with E-state index < -0.39 is 0 Å². The summed E-state index contributed by atoms with van der Waals surface area (Å²) in [4.78, 5) is 4.39. The van der Waals surface area contributed by atoms with E-state index in [9.17, 15) is 0 Å². The predicted octanol–water partition coefficient (Wildman–Crippen LogP) is 2.17. The Labute approximate surface area is 105 Å². The molecule has 0 bridgehead atoms. The molecule has 1 aromatic heterocycles. The average molecular weight is 243 g/mol. The van der Waals surface area contributed by atoms with Crippen molar-refractivity contribution in [1.82, 2.24) is 4.98 Å². The van der Waals surface area contributed by atoms with Crippen molar-refractivity contribution in [3.8, 4) is 17.6 Å². The molecule has 0 saturated carbocycles. The standard InChI is InChI=1S/C13H13N3O2/c1-15-13-8(7-14)4-10-11(16-13)5-9(17-2)6-12(10)18-3/h4-6H,1-3H3,(H,15,16). The van der Waals surface area contributed by atoms with Gasteiger partial charge in [0.05, 0.1) is 25.3 Å². The topological polar surface area (TPSA) is 67.2 Å². The lowest BCUT2D eigenvalue weighted by molar-refractivity contribution is 0.398. The smallest absolute Gasteiger partial charge is 0.144 e. The molecule has 0 amide bonds. The van der Waals surface area contributed by atoms with Crippen molar-refractivity contribution in [2.75, 3.05) is 26.6 Å². The average Bonchev–Trinajstić information content (AvgIpc) is 2.44. The largest absolute Gasteiger partial charge is 0.497 e. The summed E-state index contributed by atoms with van der Waals surface area (Å²) in [5.74, 6) is 1.84. The molecule has 5 nitrogen and oxygen atoms in total. The molecule has 92 valence electrons. The van der Waals surface area contributed by atoms with Gasteiger partial charge in [0.1, 0.15) is 23.4 Å². The SMILES string of the molecule is CNc1nc2cc(OC)cc(OC)c2cc1C#N. The Bertz CT molecular complexity index is 632. The molecular weight excluding hydrogens is 230 g/mol. The van der Waals surface area contributed by atoms with Crippen LogP contribution in [0.5, 0.6) is 11.5 Å². The highest BCUT2D eigenvalue weighted by Crippen LogP contribution is 2.32. The molecule has 0 unspecified atom stereocenters. The summed E-state index contributed by atoms with van der Waals surface area (Å²) in [5.41, 5.74) is 1.20. The number of hydrogen-bond acceptors (Lipinski definition) is 5. The van der Waals surface area contributed by atoms with Gasteiger partial charge in [0.15, 0.2) is 0 Å². The van der Waals surface area contributed by atoms with Gasteiger partial charge in [0, 0.05) is 24.6 Å². The van der Waals surface area contributed by atoms with Gasteiger partial charge in [-0.1, -0.05) is 0 Å². The van der Waals surface area contributed by atoms with E-state index in [1.165, 1.54) is 0 Å². The second-order valence-electron chi connectivity index (χ2n) is 3.64. The minimum absolute atomic E-state index is 0.480. The summed E-state index contributed by atoms with van der Waals surface area (Å²) >= 11 is 0. The number of benzene rings is 1. The molecule has 5 heteroatoms. The first-order valence-electron chi connectivity index (χ1n) is 5.38. The maximum absolute atomic E-state index is 9.08. The Morgan fingerprint density at radius 2 is 2.00 bits per heavy atom. The number of pyridine rings is 1. The van der Waals surface area contributed by atoms with Crippen LogP contribution in [0.3, 0.4) is 0 Å². The molecule has 2 rings (SSSR count). The lowest BCUT2D eigenvalue weighted by atomic mass is 10.1. The van der Waals surface area contributed by atoms with Gasteiger partial charge < -0.3 is 14.8 Å². The van der Waals surface area contributed by atoms with Gasteiger partial charge >= 0.3 is 0 Å². The zero-order valence-electron chi connectivity index (χ0n) is 10.4. The number of nitrogens with zero attached hydrogens (tertiary/aromatic N) is 2. The molecule has 2 aromatic rings. The highest BCUT2D eigenvalue weighted by molar-refractivity contribution is 5.89. The molecule has 0 fully saturated rings. The van der Waals surface area contributed by atoms with Gasteiger partial charge in [0.25, 0.3) is 0 Å². The van der Waals surface area contributed by atoms with E-state index in [2.05, 4.69) is 16.4 Å². The Hall–Kier alpha value is -2.48. The van der Waals surface area contributed by atoms with Crippen LogP contribution < -0.4 is 14.8 Å². The van der Waals surface area contributed by atoms with Crippen LogP contribution >= 0.6 is 0 Å². The lowest BCUT2D eigenvalue weighted by Gasteiger charge is -2.10. The van der Waals surface area contributed by atoms with Crippen molar-refractivity contribution in [2.45, 2.75) is 0 Å². The molecule has 0 radical (unpaired) electrons. The van der Waals surface area contributed by atoms with Gasteiger partial charge in [-0.2, -0.15) is 5.26 Å². The molecule has 0 aliphatic carbocycles. The highest BCUT2D eigenvalue weighted by atomic mass is 16.5. The Morgan fingerprint density at radius 3 is 2.56 bits per heavy atom. The highest BCUT2D eigenvalue weighted by Gasteiger charge is 2.11. The van der Waals surface area contributed by atoms with Crippen molar-refractivity contribution in [3.05, 3.63) is 23.8 Å². The molecule has 0 atom stereocenters. The monoisotopic (exact) mass is 243 g/mol. The van der Waals surface area contributed by atoms with Crippen LogP contribution in [-0.2, 0) is 0 Å². The predicted molar refractivity (Wildman–Crippen MR) is 69.1 cm³/mol. The first kappa shape index (κ1) is 12.0. The van der Waals surface area contributed by atoms with E-state index in [-0.39, 0.29) is 0 Å². The van der Waals surface area contributed by atoms with E-state index in [0.717, 1.165) is 10.9 Å². The number of nitriles is 1. The van der Waals surface area contributed by atoms with E-state index >= 15 is 0 Å². The third-order valence-electron chi connectivity index (χ3n) is 2.68. The zero-order chi connectivity index (χ0) is 13.1. The quantitative estimate of drug-likeness (QED) is 0.894. The first-order valence-corrected chi connectivity index (χ1v) is 5.38. The second-order valence-corrected chi connectivity index (χ2v) is 3.64. The first-order chi connectivity index (χ1) is 8.73. The summed E-state index contributed by atoms with van der Waals surface area (Å²) in [6.45, 7) is 0. The molecule has 0 spiro atoms. The normalized spacial score (nSPS) is 9.89. The maximum atomic E-state index is 9.08. The molecule has 0 saturated heterocycles. The van der Waals surface area contributed by atoms with E-state index in [0.29, 0.717) is 22.9 Å². The number of anilines is 1. The number of methoxy groups -OCH3 is 2. The van der Waals surface area contributed by atoms with Gasteiger partial charge in [0.2, 0.25) is 0 Å². The fraction of sp³-hybridized carbons (Fsp3) is 0.231. The van der Waals surface area contributed by atoms with Crippen LogP contribution in [0.1, 0.15) is 5.56 Å². The van der Waals surface area contributed by atoms with Crippen LogP contribution in [0.2, 0.25) is 0 Å². The lowest BCUT2D eigenvalue weighted by Crippen LogP contribution is -1.98. The molecule has 18 heavy (non-hydrogen) atoms. The summed E-state index contributed by atoms with van der Waals surface area (Å²) in [5, 5.41) is 12.8. The summed E-state index contributed by atoms with van der Waals surface area (Å²) in [6, 6.07) is 7.44. The third-order valence-corrected chi connectivity index (χ3v) is 2.68. The van der Waals surface area contributed by atoms with Crippen LogP contribution in [0.4, 0.5) is 5.82 Å². The molecule has 1 heterocycles. The zero-order valence-corrected chi connectivity index (χ0v) is 10.4. The number of hydrogen-bond donors (Lipinski definition) is 1. The number of ether oxygens (including phenoxy) is 2. The van der Waals surface area contributed by atoms with Crippen LogP contribution in [0, 0.1) is 11.3 Å². The van der Waals surface area contributed by atoms with Crippen molar-refractivity contribution in [1.29, 1.82) is 5.26 Å². The van der Waals surface area contributed by atoms with Crippen LogP contribution in [0.25, 0.3) is 10.9 Å². The van der Waals surface area contributed by atoms with Crippen molar-refractivity contribution in [2.24, 2.45) is 0 Å². The Balaban J connectivity index is 2.79. The fourth-order valence-corrected chi connectivity index (χ4v) is 1.78. The summed E-state index contributed by atoms with van der Waals surface area (Å²) in [6.07, 6.45) is 0. The number of rotatable bonds is 3. The molecule has 0 aliphatic heterocycles. The molecule has 1 N–H and O–H groups in total. The number of nitrogens with one attached hydrogen (secondary N) is 1.